The number of nitrogens with one attached hydrogen (secondary N) is 1. The maximum atomic E-state index is 12.1. The molecule has 0 aliphatic heterocycles. The Hall–Kier alpha value is -2.24. The van der Waals surface area contributed by atoms with Crippen LogP contribution in [-0.2, 0) is 16.8 Å². The van der Waals surface area contributed by atoms with E-state index in [1.807, 2.05) is 54.6 Å². The highest BCUT2D eigenvalue weighted by atomic mass is 32.1. The Morgan fingerprint density at radius 2 is 1.88 bits per heavy atom. The lowest BCUT2D eigenvalue weighted by Gasteiger charge is -2.23. The van der Waals surface area contributed by atoms with Crippen molar-refractivity contribution in [3.05, 3.63) is 65.2 Å². The lowest BCUT2D eigenvalue weighted by Crippen LogP contribution is -2.33. The number of carbonyl (C=O) groups excluding carboxylic acids is 1. The predicted molar refractivity (Wildman–Crippen MR) is 97.0 cm³/mol. The molecule has 124 valence electrons. The second-order valence-corrected chi connectivity index (χ2v) is 7.11. The topological polar surface area (TPSA) is 62.2 Å². The lowest BCUT2D eigenvalue weighted by molar-refractivity contribution is -0.125. The zero-order chi connectivity index (χ0) is 17.0. The highest BCUT2D eigenvalue weighted by Gasteiger charge is 2.26. The van der Waals surface area contributed by atoms with E-state index < -0.39 is 5.60 Å². The molecule has 3 aromatic rings. The van der Waals surface area contributed by atoms with E-state index in [-0.39, 0.29) is 12.3 Å². The summed E-state index contributed by atoms with van der Waals surface area (Å²) < 4.78 is 1.16. The van der Waals surface area contributed by atoms with Gasteiger partial charge in [-0.1, -0.05) is 42.5 Å². The monoisotopic (exact) mass is 340 g/mol. The Bertz CT molecular complexity index is 795. The number of fused-ring (bicyclic) bond motifs is 1. The number of hydrogen-bond donors (Lipinski definition) is 2. The molecule has 0 aliphatic rings. The van der Waals surface area contributed by atoms with Crippen molar-refractivity contribution in [3.63, 3.8) is 0 Å². The van der Waals surface area contributed by atoms with Crippen LogP contribution in [0.2, 0.25) is 0 Å². The van der Waals surface area contributed by atoms with E-state index >= 15 is 0 Å². The molecule has 1 aromatic heterocycles. The van der Waals surface area contributed by atoms with Crippen LogP contribution in [0.5, 0.6) is 0 Å². The summed E-state index contributed by atoms with van der Waals surface area (Å²) in [6.07, 6.45) is 0.732. The zero-order valence-corrected chi connectivity index (χ0v) is 14.3. The third kappa shape index (κ3) is 3.99. The molecule has 3 rings (SSSR count). The second kappa shape index (κ2) is 7.11. The van der Waals surface area contributed by atoms with Gasteiger partial charge in [-0.05, 0) is 24.6 Å². The highest BCUT2D eigenvalue weighted by Crippen LogP contribution is 2.24. The third-order valence-corrected chi connectivity index (χ3v) is 5.00. The Kier molecular flexibility index (Phi) is 4.92. The van der Waals surface area contributed by atoms with Crippen LogP contribution in [0.15, 0.2) is 54.6 Å². The molecule has 1 atom stereocenters. The largest absolute Gasteiger partial charge is 0.385 e. The minimum Gasteiger partial charge on any atom is -0.385 e. The molecule has 0 saturated heterocycles. The van der Waals surface area contributed by atoms with Crippen molar-refractivity contribution in [2.24, 2.45) is 0 Å². The molecule has 1 amide bonds. The molecule has 2 N–H and O–H groups in total. The van der Waals surface area contributed by atoms with Crippen molar-refractivity contribution < 1.29 is 9.90 Å². The number of para-hydroxylation sites is 1. The van der Waals surface area contributed by atoms with Gasteiger partial charge in [0.1, 0.15) is 0 Å². The van der Waals surface area contributed by atoms with Crippen LogP contribution < -0.4 is 5.32 Å². The van der Waals surface area contributed by atoms with E-state index in [0.717, 1.165) is 20.8 Å². The molecule has 2 aromatic carbocycles. The molecular formula is C19H20N2O2S. The summed E-state index contributed by atoms with van der Waals surface area (Å²) >= 11 is 1.65. The van der Waals surface area contributed by atoms with Gasteiger partial charge in [0.15, 0.2) is 0 Å². The van der Waals surface area contributed by atoms with Gasteiger partial charge in [0.25, 0.3) is 0 Å². The van der Waals surface area contributed by atoms with Crippen LogP contribution in [-0.4, -0.2) is 22.5 Å². The average Bonchev–Trinajstić information content (AvgIpc) is 2.98. The second-order valence-electron chi connectivity index (χ2n) is 5.99. The molecule has 24 heavy (non-hydrogen) atoms. The van der Waals surface area contributed by atoms with Crippen LogP contribution in [0.3, 0.4) is 0 Å². The molecule has 0 radical (unpaired) electrons. The smallest absolute Gasteiger partial charge is 0.223 e. The van der Waals surface area contributed by atoms with Gasteiger partial charge in [0.2, 0.25) is 5.91 Å². The zero-order valence-electron chi connectivity index (χ0n) is 13.5. The first kappa shape index (κ1) is 16.6. The molecule has 5 heteroatoms. The average molecular weight is 340 g/mol. The molecule has 1 unspecified atom stereocenters. The van der Waals surface area contributed by atoms with Crippen LogP contribution in [0.4, 0.5) is 0 Å². The van der Waals surface area contributed by atoms with E-state index in [9.17, 15) is 9.90 Å². The van der Waals surface area contributed by atoms with Crippen molar-refractivity contribution in [1.82, 2.24) is 10.3 Å². The minimum absolute atomic E-state index is 0.0385. The Balaban J connectivity index is 1.52. The number of aliphatic hydroxyl groups is 1. The fourth-order valence-corrected chi connectivity index (χ4v) is 3.58. The molecule has 1 heterocycles. The number of carbonyl (C=O) groups is 1. The number of amides is 1. The summed E-state index contributed by atoms with van der Waals surface area (Å²) in [4.78, 5) is 16.7. The molecule has 0 fully saturated rings. The third-order valence-electron chi connectivity index (χ3n) is 3.90. The summed E-state index contributed by atoms with van der Waals surface area (Å²) in [6.45, 7) is 2.18. The van der Waals surface area contributed by atoms with Crippen molar-refractivity contribution in [3.8, 4) is 0 Å². The summed E-state index contributed by atoms with van der Waals surface area (Å²) in [5.74, 6) is -0.162. The number of nitrogens with zero attached hydrogens (tertiary/aromatic N) is 1. The Morgan fingerprint density at radius 3 is 2.62 bits per heavy atom. The van der Waals surface area contributed by atoms with Gasteiger partial charge in [-0.25, -0.2) is 4.98 Å². The van der Waals surface area contributed by atoms with Gasteiger partial charge in [0, 0.05) is 13.0 Å². The van der Waals surface area contributed by atoms with Crippen molar-refractivity contribution >= 4 is 27.5 Å². The normalized spacial score (nSPS) is 13.6. The predicted octanol–water partition coefficient (Wildman–Crippen LogP) is 3.25. The quantitative estimate of drug-likeness (QED) is 0.724. The van der Waals surface area contributed by atoms with Gasteiger partial charge < -0.3 is 10.4 Å². The number of thiazole rings is 1. The van der Waals surface area contributed by atoms with Crippen LogP contribution in [0, 0.1) is 0 Å². The molecule has 0 aliphatic carbocycles. The summed E-state index contributed by atoms with van der Waals surface area (Å²) in [7, 11) is 0. The van der Waals surface area contributed by atoms with E-state index in [4.69, 9.17) is 0 Å². The van der Waals surface area contributed by atoms with Crippen LogP contribution in [0.1, 0.15) is 23.9 Å². The number of hydrogen-bond acceptors (Lipinski definition) is 4. The van der Waals surface area contributed by atoms with Gasteiger partial charge in [-0.2, -0.15) is 0 Å². The first-order valence-electron chi connectivity index (χ1n) is 7.94. The SMILES string of the molecule is CC(O)(CC(=O)NCCc1nc2ccccc2s1)c1ccccc1. The molecule has 4 nitrogen and oxygen atoms in total. The fourth-order valence-electron chi connectivity index (χ4n) is 2.61. The van der Waals surface area contributed by atoms with E-state index in [0.29, 0.717) is 13.0 Å². The first-order chi connectivity index (χ1) is 11.5. The maximum absolute atomic E-state index is 12.1. The molecule has 0 bridgehead atoms. The maximum Gasteiger partial charge on any atom is 0.223 e. The number of aromatic nitrogens is 1. The molecule has 0 saturated carbocycles. The van der Waals surface area contributed by atoms with Gasteiger partial charge in [0.05, 0.1) is 27.2 Å². The minimum atomic E-state index is -1.17. The first-order valence-corrected chi connectivity index (χ1v) is 8.75. The van der Waals surface area contributed by atoms with Gasteiger partial charge in [-0.3, -0.25) is 4.79 Å². The number of rotatable bonds is 6. The van der Waals surface area contributed by atoms with E-state index in [1.54, 1.807) is 18.3 Å². The summed E-state index contributed by atoms with van der Waals surface area (Å²) in [5, 5.41) is 14.4. The molecular weight excluding hydrogens is 320 g/mol. The Morgan fingerprint density at radius 1 is 1.17 bits per heavy atom. The summed E-state index contributed by atoms with van der Waals surface area (Å²) in [6, 6.07) is 17.3. The lowest BCUT2D eigenvalue weighted by atomic mass is 9.92. The van der Waals surface area contributed by atoms with Gasteiger partial charge in [-0.15, -0.1) is 11.3 Å². The Labute approximate surface area is 145 Å². The van der Waals surface area contributed by atoms with Crippen molar-refractivity contribution in [2.75, 3.05) is 6.54 Å². The summed E-state index contributed by atoms with van der Waals surface area (Å²) in [5.41, 5.74) is 0.573. The molecule has 0 spiro atoms. The van der Waals surface area contributed by atoms with Crippen molar-refractivity contribution in [2.45, 2.75) is 25.4 Å². The van der Waals surface area contributed by atoms with E-state index in [1.165, 1.54) is 0 Å². The van der Waals surface area contributed by atoms with Crippen LogP contribution >= 0.6 is 11.3 Å². The number of benzene rings is 2. The standard InChI is InChI=1S/C19H20N2O2S/c1-19(23,14-7-3-2-4-8-14)13-17(22)20-12-11-18-21-15-9-5-6-10-16(15)24-18/h2-10,23H,11-13H2,1H3,(H,20,22). The van der Waals surface area contributed by atoms with Crippen LogP contribution in [0.25, 0.3) is 10.2 Å². The fraction of sp³-hybridized carbons (Fsp3) is 0.263. The highest BCUT2D eigenvalue weighted by molar-refractivity contribution is 7.18. The van der Waals surface area contributed by atoms with Crippen molar-refractivity contribution in [1.29, 1.82) is 0 Å². The van der Waals surface area contributed by atoms with Gasteiger partial charge >= 0.3 is 0 Å². The van der Waals surface area contributed by atoms with E-state index in [2.05, 4.69) is 10.3 Å².